The summed E-state index contributed by atoms with van der Waals surface area (Å²) in [6, 6.07) is 2.39. The Morgan fingerprint density at radius 2 is 2.06 bits per heavy atom. The van der Waals surface area contributed by atoms with Crippen molar-refractivity contribution in [1.82, 2.24) is 9.71 Å². The summed E-state index contributed by atoms with van der Waals surface area (Å²) < 4.78 is 39.6. The Hall–Kier alpha value is -0.0500. The highest BCUT2D eigenvalue weighted by Gasteiger charge is 2.31. The normalized spacial score (nSPS) is 12.7. The molecule has 1 aromatic heterocycles. The molecule has 0 unspecified atom stereocenters. The van der Waals surface area contributed by atoms with Crippen LogP contribution in [0.4, 0.5) is 4.39 Å². The van der Waals surface area contributed by atoms with Crippen LogP contribution in [0.3, 0.4) is 0 Å². The van der Waals surface area contributed by atoms with Gasteiger partial charge in [-0.2, -0.15) is 0 Å². The summed E-state index contributed by atoms with van der Waals surface area (Å²) in [4.78, 5) is 3.55. The van der Waals surface area contributed by atoms with Crippen molar-refractivity contribution in [2.45, 2.75) is 17.5 Å². The molecule has 4 nitrogen and oxygen atoms in total. The van der Waals surface area contributed by atoms with E-state index < -0.39 is 26.4 Å². The van der Waals surface area contributed by atoms with E-state index in [0.29, 0.717) is 10.7 Å². The van der Waals surface area contributed by atoms with Crippen molar-refractivity contribution < 1.29 is 12.8 Å². The second-order valence-electron chi connectivity index (χ2n) is 3.72. The largest absolute Gasteiger partial charge is 0.261 e. The highest BCUT2D eigenvalue weighted by atomic mass is 79.9. The Labute approximate surface area is 116 Å². The quantitative estimate of drug-likeness (QED) is 0.784. The maximum atomic E-state index is 13.4. The van der Waals surface area contributed by atoms with Crippen molar-refractivity contribution in [1.29, 1.82) is 0 Å². The fraction of sp³-hybridized carbons (Fsp3) is 0.444. The van der Waals surface area contributed by atoms with Crippen molar-refractivity contribution in [3.8, 4) is 0 Å². The maximum Gasteiger partial charge on any atom is 0.261 e. The molecule has 0 spiro atoms. The number of aromatic nitrogens is 1. The molecular weight excluding hydrogens is 379 g/mol. The lowest BCUT2D eigenvalue weighted by Gasteiger charge is -2.25. The molecular formula is C9H11Br2FN2O2S. The summed E-state index contributed by atoms with van der Waals surface area (Å²) in [7, 11) is -3.97. The van der Waals surface area contributed by atoms with Crippen LogP contribution in [0.25, 0.3) is 0 Å². The fourth-order valence-corrected chi connectivity index (χ4v) is 4.03. The first-order valence-corrected chi connectivity index (χ1v) is 8.34. The third-order valence-corrected chi connectivity index (χ3v) is 6.00. The van der Waals surface area contributed by atoms with Gasteiger partial charge in [-0.3, -0.25) is 0 Å². The number of sulfonamides is 1. The average molecular weight is 390 g/mol. The number of halogens is 3. The molecule has 1 N–H and O–H groups in total. The van der Waals surface area contributed by atoms with Crippen molar-refractivity contribution in [3.05, 3.63) is 24.1 Å². The smallest absolute Gasteiger partial charge is 0.241 e. The van der Waals surface area contributed by atoms with E-state index in [0.717, 1.165) is 6.07 Å². The zero-order valence-corrected chi connectivity index (χ0v) is 12.9. The van der Waals surface area contributed by atoms with Crippen molar-refractivity contribution in [2.24, 2.45) is 0 Å². The second kappa shape index (κ2) is 5.73. The zero-order chi connectivity index (χ0) is 13.1. The van der Waals surface area contributed by atoms with Crippen LogP contribution >= 0.6 is 31.9 Å². The van der Waals surface area contributed by atoms with Crippen LogP contribution in [-0.4, -0.2) is 29.6 Å². The molecule has 0 fully saturated rings. The van der Waals surface area contributed by atoms with Gasteiger partial charge in [0.05, 0.1) is 0 Å². The number of rotatable bonds is 5. The SMILES string of the molecule is CC(CBr)(CBr)NS(=O)(=O)c1ncccc1F. The van der Waals surface area contributed by atoms with Crippen LogP contribution in [0, 0.1) is 5.82 Å². The summed E-state index contributed by atoms with van der Waals surface area (Å²) in [6.07, 6.45) is 1.23. The van der Waals surface area contributed by atoms with E-state index in [1.54, 1.807) is 6.92 Å². The Morgan fingerprint density at radius 1 is 1.47 bits per heavy atom. The third kappa shape index (κ3) is 3.70. The molecule has 0 atom stereocenters. The third-order valence-electron chi connectivity index (χ3n) is 1.95. The molecule has 0 saturated heterocycles. The summed E-state index contributed by atoms with van der Waals surface area (Å²) in [5.41, 5.74) is -0.747. The van der Waals surface area contributed by atoms with Gasteiger partial charge in [-0.25, -0.2) is 22.5 Å². The second-order valence-corrected chi connectivity index (χ2v) is 6.44. The predicted molar refractivity (Wildman–Crippen MR) is 70.5 cm³/mol. The number of nitrogens with one attached hydrogen (secondary N) is 1. The van der Waals surface area contributed by atoms with E-state index in [9.17, 15) is 12.8 Å². The van der Waals surface area contributed by atoms with E-state index >= 15 is 0 Å². The molecule has 0 amide bonds. The van der Waals surface area contributed by atoms with E-state index in [1.165, 1.54) is 12.3 Å². The lowest BCUT2D eigenvalue weighted by molar-refractivity contribution is 0.496. The highest BCUT2D eigenvalue weighted by Crippen LogP contribution is 2.17. The molecule has 96 valence electrons. The van der Waals surface area contributed by atoms with Crippen LogP contribution in [0.5, 0.6) is 0 Å². The Morgan fingerprint density at radius 3 is 2.53 bits per heavy atom. The minimum Gasteiger partial charge on any atom is -0.241 e. The minimum absolute atomic E-state index is 0.388. The van der Waals surface area contributed by atoms with Crippen LogP contribution in [0.1, 0.15) is 6.92 Å². The van der Waals surface area contributed by atoms with Gasteiger partial charge in [0.1, 0.15) is 0 Å². The van der Waals surface area contributed by atoms with E-state index in [1.807, 2.05) is 0 Å². The van der Waals surface area contributed by atoms with Gasteiger partial charge >= 0.3 is 0 Å². The molecule has 0 radical (unpaired) electrons. The first kappa shape index (κ1) is 15.0. The molecule has 0 aliphatic carbocycles. The van der Waals surface area contributed by atoms with E-state index in [2.05, 4.69) is 41.6 Å². The Kier molecular flexibility index (Phi) is 5.06. The molecule has 0 bridgehead atoms. The number of hydrogen-bond donors (Lipinski definition) is 1. The first-order valence-electron chi connectivity index (χ1n) is 4.61. The molecule has 1 rings (SSSR count). The van der Waals surface area contributed by atoms with Crippen molar-refractivity contribution in [2.75, 3.05) is 10.7 Å². The number of hydrogen-bond acceptors (Lipinski definition) is 3. The summed E-state index contributed by atoms with van der Waals surface area (Å²) in [6.45, 7) is 1.69. The molecule has 1 aromatic rings. The fourth-order valence-electron chi connectivity index (χ4n) is 1.03. The molecule has 0 aliphatic heterocycles. The number of nitrogens with zero attached hydrogens (tertiary/aromatic N) is 1. The van der Waals surface area contributed by atoms with Gasteiger partial charge in [0.2, 0.25) is 5.03 Å². The van der Waals surface area contributed by atoms with E-state index in [4.69, 9.17) is 0 Å². The number of alkyl halides is 2. The van der Waals surface area contributed by atoms with Gasteiger partial charge in [-0.05, 0) is 19.1 Å². The average Bonchev–Trinajstić information content (AvgIpc) is 2.28. The Bertz CT molecular complexity index is 492. The summed E-state index contributed by atoms with van der Waals surface area (Å²) >= 11 is 6.41. The van der Waals surface area contributed by atoms with Crippen LogP contribution in [0.15, 0.2) is 23.4 Å². The minimum atomic E-state index is -3.97. The zero-order valence-electron chi connectivity index (χ0n) is 8.95. The van der Waals surface area contributed by atoms with Gasteiger partial charge < -0.3 is 0 Å². The summed E-state index contributed by atoms with van der Waals surface area (Å²) in [5.74, 6) is -0.869. The van der Waals surface area contributed by atoms with Gasteiger partial charge in [0, 0.05) is 22.4 Å². The first-order chi connectivity index (χ1) is 7.84. The lowest BCUT2D eigenvalue weighted by atomic mass is 10.1. The molecule has 8 heteroatoms. The molecule has 0 aromatic carbocycles. The highest BCUT2D eigenvalue weighted by molar-refractivity contribution is 9.09. The Balaban J connectivity index is 3.10. The molecule has 0 saturated carbocycles. The topological polar surface area (TPSA) is 59.1 Å². The standard InChI is InChI=1S/C9H11Br2FN2O2S/c1-9(5-10,6-11)14-17(15,16)8-7(12)3-2-4-13-8/h2-4,14H,5-6H2,1H3. The number of pyridine rings is 1. The van der Waals surface area contributed by atoms with Crippen molar-refractivity contribution in [3.63, 3.8) is 0 Å². The molecule has 1 heterocycles. The van der Waals surface area contributed by atoms with Crippen LogP contribution in [0.2, 0.25) is 0 Å². The monoisotopic (exact) mass is 388 g/mol. The van der Waals surface area contributed by atoms with E-state index in [-0.39, 0.29) is 0 Å². The van der Waals surface area contributed by atoms with Crippen LogP contribution in [-0.2, 0) is 10.0 Å². The van der Waals surface area contributed by atoms with Gasteiger partial charge in [0.25, 0.3) is 10.0 Å². The van der Waals surface area contributed by atoms with Gasteiger partial charge in [0.15, 0.2) is 5.82 Å². The molecule has 17 heavy (non-hydrogen) atoms. The van der Waals surface area contributed by atoms with Gasteiger partial charge in [-0.1, -0.05) is 31.9 Å². The predicted octanol–water partition coefficient (Wildman–Crippen LogP) is 2.05. The van der Waals surface area contributed by atoms with Crippen molar-refractivity contribution >= 4 is 41.9 Å². The lowest BCUT2D eigenvalue weighted by Crippen LogP contribution is -2.49. The van der Waals surface area contributed by atoms with Gasteiger partial charge in [-0.15, -0.1) is 0 Å². The summed E-state index contributed by atoms with van der Waals surface area (Å²) in [5, 5.41) is 0.186. The molecule has 0 aliphatic rings. The maximum absolute atomic E-state index is 13.4. The van der Waals surface area contributed by atoms with Crippen LogP contribution < -0.4 is 4.72 Å².